The first-order chi connectivity index (χ1) is 5.97. The van der Waals surface area contributed by atoms with Crippen LogP contribution >= 0.6 is 0 Å². The zero-order valence-corrected chi connectivity index (χ0v) is 7.40. The van der Waals surface area contributed by atoms with E-state index < -0.39 is 0 Å². The van der Waals surface area contributed by atoms with E-state index in [-0.39, 0.29) is 0 Å². The van der Waals surface area contributed by atoms with E-state index in [9.17, 15) is 0 Å². The molecule has 62 valence electrons. The van der Waals surface area contributed by atoms with Crippen LogP contribution in [0.2, 0.25) is 0 Å². The van der Waals surface area contributed by atoms with E-state index in [0.717, 1.165) is 12.3 Å². The summed E-state index contributed by atoms with van der Waals surface area (Å²) >= 11 is 0. The van der Waals surface area contributed by atoms with Crippen molar-refractivity contribution in [3.8, 4) is 23.7 Å². The third-order valence-corrected chi connectivity index (χ3v) is 2.94. The second-order valence-corrected chi connectivity index (χ2v) is 3.76. The molecule has 2 aliphatic rings. The van der Waals surface area contributed by atoms with Crippen molar-refractivity contribution in [3.63, 3.8) is 0 Å². The molecule has 0 aromatic heterocycles. The average molecular weight is 158 g/mol. The van der Waals surface area contributed by atoms with Crippen LogP contribution in [0.3, 0.4) is 0 Å². The lowest BCUT2D eigenvalue weighted by atomic mass is 9.92. The normalized spacial score (nSPS) is 32.7. The fraction of sp³-hybridized carbons (Fsp3) is 0.667. The summed E-state index contributed by atoms with van der Waals surface area (Å²) in [6, 6.07) is 0. The molecule has 0 heteroatoms. The number of hydrogen-bond acceptors (Lipinski definition) is 0. The predicted octanol–water partition coefficient (Wildman–Crippen LogP) is 2.59. The molecule has 2 aliphatic carbocycles. The zero-order chi connectivity index (χ0) is 8.23. The van der Waals surface area contributed by atoms with Crippen LogP contribution in [-0.4, -0.2) is 0 Å². The van der Waals surface area contributed by atoms with Gasteiger partial charge in [0, 0.05) is 12.3 Å². The van der Waals surface area contributed by atoms with Gasteiger partial charge in [-0.3, -0.25) is 0 Å². The van der Waals surface area contributed by atoms with E-state index >= 15 is 0 Å². The molecule has 0 heterocycles. The molecule has 0 bridgehead atoms. The van der Waals surface area contributed by atoms with Crippen molar-refractivity contribution in [2.45, 2.75) is 38.5 Å². The van der Waals surface area contributed by atoms with Gasteiger partial charge in [-0.1, -0.05) is 18.3 Å². The SMILES string of the molecule is C1#CCCCC2CCCC2C#C1. The number of hydrogen-bond donors (Lipinski definition) is 0. The van der Waals surface area contributed by atoms with Gasteiger partial charge in [0.2, 0.25) is 0 Å². The number of rotatable bonds is 0. The van der Waals surface area contributed by atoms with Gasteiger partial charge in [-0.2, -0.15) is 0 Å². The summed E-state index contributed by atoms with van der Waals surface area (Å²) in [5.41, 5.74) is 0. The molecule has 0 spiro atoms. The Balaban J connectivity index is 2.11. The summed E-state index contributed by atoms with van der Waals surface area (Å²) in [5, 5.41) is 0. The van der Waals surface area contributed by atoms with Crippen LogP contribution in [0.1, 0.15) is 38.5 Å². The molecule has 1 fully saturated rings. The molecule has 2 atom stereocenters. The minimum atomic E-state index is 0.678. The smallest absolute Gasteiger partial charge is 0.0241 e. The van der Waals surface area contributed by atoms with Gasteiger partial charge in [0.1, 0.15) is 0 Å². The van der Waals surface area contributed by atoms with Crippen LogP contribution in [0, 0.1) is 35.5 Å². The molecule has 0 aliphatic heterocycles. The summed E-state index contributed by atoms with van der Waals surface area (Å²) in [5.74, 6) is 13.9. The van der Waals surface area contributed by atoms with Crippen LogP contribution in [0.5, 0.6) is 0 Å². The van der Waals surface area contributed by atoms with E-state index in [1.54, 1.807) is 0 Å². The molecule has 12 heavy (non-hydrogen) atoms. The Morgan fingerprint density at radius 2 is 1.83 bits per heavy atom. The molecule has 0 N–H and O–H groups in total. The molecule has 0 aromatic rings. The second-order valence-electron chi connectivity index (χ2n) is 3.76. The Hall–Kier alpha value is -0.880. The largest absolute Gasteiger partial charge is 0.0891 e. The fourth-order valence-corrected chi connectivity index (χ4v) is 2.26. The molecule has 2 unspecified atom stereocenters. The maximum atomic E-state index is 3.30. The fourth-order valence-electron chi connectivity index (χ4n) is 2.26. The van der Waals surface area contributed by atoms with Gasteiger partial charge in [0.25, 0.3) is 0 Å². The lowest BCUT2D eigenvalue weighted by molar-refractivity contribution is 0.426. The topological polar surface area (TPSA) is 0 Å². The van der Waals surface area contributed by atoms with Crippen LogP contribution < -0.4 is 0 Å². The highest BCUT2D eigenvalue weighted by atomic mass is 14.3. The first-order valence-corrected chi connectivity index (χ1v) is 4.95. The maximum absolute atomic E-state index is 3.30. The van der Waals surface area contributed by atoms with Gasteiger partial charge in [-0.15, -0.1) is 0 Å². The van der Waals surface area contributed by atoms with E-state index in [2.05, 4.69) is 23.7 Å². The van der Waals surface area contributed by atoms with Crippen molar-refractivity contribution in [3.05, 3.63) is 0 Å². The Bertz CT molecular complexity index is 266. The first-order valence-electron chi connectivity index (χ1n) is 4.95. The Morgan fingerprint density at radius 1 is 0.917 bits per heavy atom. The molecule has 0 nitrogen and oxygen atoms in total. The summed E-state index contributed by atoms with van der Waals surface area (Å²) in [6.07, 6.45) is 7.79. The van der Waals surface area contributed by atoms with E-state index in [4.69, 9.17) is 0 Å². The van der Waals surface area contributed by atoms with Crippen molar-refractivity contribution < 1.29 is 0 Å². The van der Waals surface area contributed by atoms with E-state index in [0.29, 0.717) is 5.92 Å². The second kappa shape index (κ2) is 3.68. The third kappa shape index (κ3) is 1.64. The number of fused-ring (bicyclic) bond motifs is 1. The van der Waals surface area contributed by atoms with Crippen molar-refractivity contribution >= 4 is 0 Å². The lowest BCUT2D eigenvalue weighted by Crippen LogP contribution is -2.04. The quantitative estimate of drug-likeness (QED) is 0.475. The van der Waals surface area contributed by atoms with Gasteiger partial charge in [0.15, 0.2) is 0 Å². The van der Waals surface area contributed by atoms with Gasteiger partial charge in [-0.05, 0) is 43.4 Å². The first kappa shape index (κ1) is 7.75. The minimum absolute atomic E-state index is 0.678. The van der Waals surface area contributed by atoms with Crippen molar-refractivity contribution in [2.24, 2.45) is 11.8 Å². The molecule has 1 saturated carbocycles. The molecular formula is C12H14. The lowest BCUT2D eigenvalue weighted by Gasteiger charge is -2.12. The molecule has 2 rings (SSSR count). The summed E-state index contributed by atoms with van der Waals surface area (Å²) in [7, 11) is 0. The van der Waals surface area contributed by atoms with Crippen LogP contribution in [-0.2, 0) is 0 Å². The highest BCUT2D eigenvalue weighted by Gasteiger charge is 2.24. The van der Waals surface area contributed by atoms with Crippen LogP contribution in [0.15, 0.2) is 0 Å². The molecule has 0 aromatic carbocycles. The minimum Gasteiger partial charge on any atom is -0.0891 e. The molecular weight excluding hydrogens is 144 g/mol. The van der Waals surface area contributed by atoms with Crippen molar-refractivity contribution in [1.82, 2.24) is 0 Å². The molecule has 0 amide bonds. The third-order valence-electron chi connectivity index (χ3n) is 2.94. The van der Waals surface area contributed by atoms with Crippen molar-refractivity contribution in [2.75, 3.05) is 0 Å². The maximum Gasteiger partial charge on any atom is 0.0241 e. The van der Waals surface area contributed by atoms with Gasteiger partial charge in [0.05, 0.1) is 0 Å². The molecule has 0 radical (unpaired) electrons. The summed E-state index contributed by atoms with van der Waals surface area (Å²) in [6.45, 7) is 0. The zero-order valence-electron chi connectivity index (χ0n) is 7.40. The highest BCUT2D eigenvalue weighted by Crippen LogP contribution is 2.34. The standard InChI is InChI=1S/C12H14/c1-2-4-7-11-9-6-10-12(11)8-5-3-1/h11-12H,2,4,6-7,9-10H2. The van der Waals surface area contributed by atoms with Gasteiger partial charge < -0.3 is 0 Å². The van der Waals surface area contributed by atoms with Crippen LogP contribution in [0.4, 0.5) is 0 Å². The van der Waals surface area contributed by atoms with Crippen molar-refractivity contribution in [1.29, 1.82) is 0 Å². The van der Waals surface area contributed by atoms with Gasteiger partial charge >= 0.3 is 0 Å². The summed E-state index contributed by atoms with van der Waals surface area (Å²) in [4.78, 5) is 0. The monoisotopic (exact) mass is 158 g/mol. The summed E-state index contributed by atoms with van der Waals surface area (Å²) < 4.78 is 0. The molecule has 0 saturated heterocycles. The predicted molar refractivity (Wildman–Crippen MR) is 50.2 cm³/mol. The van der Waals surface area contributed by atoms with E-state index in [1.165, 1.54) is 32.1 Å². The Labute approximate surface area is 74.7 Å². The van der Waals surface area contributed by atoms with Gasteiger partial charge in [-0.25, -0.2) is 0 Å². The Kier molecular flexibility index (Phi) is 2.38. The highest BCUT2D eigenvalue weighted by molar-refractivity contribution is 5.27. The van der Waals surface area contributed by atoms with Crippen LogP contribution in [0.25, 0.3) is 0 Å². The van der Waals surface area contributed by atoms with E-state index in [1.807, 2.05) is 0 Å². The Morgan fingerprint density at radius 3 is 2.83 bits per heavy atom. The average Bonchev–Trinajstić information content (AvgIpc) is 2.50.